The first-order valence-corrected chi connectivity index (χ1v) is 5.21. The molecule has 1 heterocycles. The maximum Gasteiger partial charge on any atom is 0.573 e. The second-order valence-electron chi connectivity index (χ2n) is 3.02. The lowest BCUT2D eigenvalue weighted by Gasteiger charge is -2.08. The molecule has 0 saturated carbocycles. The Morgan fingerprint density at radius 2 is 2.00 bits per heavy atom. The molecule has 1 aromatic heterocycles. The summed E-state index contributed by atoms with van der Waals surface area (Å²) in [5.41, 5.74) is 5.86. The smallest absolute Gasteiger partial charge is 0.406 e. The van der Waals surface area contributed by atoms with Gasteiger partial charge in [0, 0.05) is 5.56 Å². The number of rotatable bonds is 2. The van der Waals surface area contributed by atoms with E-state index in [9.17, 15) is 13.2 Å². The zero-order valence-electron chi connectivity index (χ0n) is 8.23. The Kier molecular flexibility index (Phi) is 2.88. The lowest BCUT2D eigenvalue weighted by atomic mass is 10.2. The van der Waals surface area contributed by atoms with Gasteiger partial charge in [-0.05, 0) is 12.1 Å². The Hall–Kier alpha value is -1.83. The second-order valence-corrected chi connectivity index (χ2v) is 4.03. The van der Waals surface area contributed by atoms with Crippen molar-refractivity contribution in [3.63, 3.8) is 0 Å². The maximum atomic E-state index is 12.0. The van der Waals surface area contributed by atoms with E-state index >= 15 is 0 Å². The average molecular weight is 261 g/mol. The topological polar surface area (TPSA) is 61.0 Å². The van der Waals surface area contributed by atoms with E-state index in [4.69, 9.17) is 5.73 Å². The third-order valence-corrected chi connectivity index (χ3v) is 2.56. The summed E-state index contributed by atoms with van der Waals surface area (Å²) in [6, 6.07) is 5.48. The molecule has 0 aliphatic rings. The molecule has 0 amide bonds. The van der Waals surface area contributed by atoms with E-state index in [0.29, 0.717) is 10.6 Å². The molecule has 0 aliphatic carbocycles. The van der Waals surface area contributed by atoms with Crippen LogP contribution in [0.3, 0.4) is 0 Å². The maximum absolute atomic E-state index is 12.0. The van der Waals surface area contributed by atoms with Crippen LogP contribution in [0.1, 0.15) is 0 Å². The van der Waals surface area contributed by atoms with E-state index in [1.165, 1.54) is 18.2 Å². The number of aromatic nitrogens is 2. The highest BCUT2D eigenvalue weighted by molar-refractivity contribution is 7.18. The summed E-state index contributed by atoms with van der Waals surface area (Å²) in [6.45, 7) is 0. The molecule has 17 heavy (non-hydrogen) atoms. The van der Waals surface area contributed by atoms with Gasteiger partial charge in [0.1, 0.15) is 10.8 Å². The van der Waals surface area contributed by atoms with Gasteiger partial charge in [0.05, 0.1) is 0 Å². The zero-order chi connectivity index (χ0) is 12.5. The van der Waals surface area contributed by atoms with Crippen molar-refractivity contribution in [2.75, 3.05) is 5.73 Å². The fourth-order valence-corrected chi connectivity index (χ4v) is 1.78. The fourth-order valence-electron chi connectivity index (χ4n) is 1.18. The van der Waals surface area contributed by atoms with Gasteiger partial charge in [0.25, 0.3) is 0 Å². The lowest BCUT2D eigenvalue weighted by Crippen LogP contribution is -2.17. The average Bonchev–Trinajstić information content (AvgIpc) is 2.63. The highest BCUT2D eigenvalue weighted by Gasteiger charge is 2.31. The molecule has 0 unspecified atom stereocenters. The number of ether oxygens (including phenoxy) is 1. The van der Waals surface area contributed by atoms with Gasteiger partial charge in [0.15, 0.2) is 0 Å². The highest BCUT2D eigenvalue weighted by atomic mass is 32.1. The van der Waals surface area contributed by atoms with E-state index in [2.05, 4.69) is 14.9 Å². The van der Waals surface area contributed by atoms with E-state index in [0.717, 1.165) is 11.3 Å². The summed E-state index contributed by atoms with van der Waals surface area (Å²) < 4.78 is 39.8. The number of alkyl halides is 3. The molecule has 2 N–H and O–H groups in total. The number of nitrogens with zero attached hydrogens (tertiary/aromatic N) is 2. The summed E-state index contributed by atoms with van der Waals surface area (Å²) in [4.78, 5) is 0. The van der Waals surface area contributed by atoms with Crippen molar-refractivity contribution in [1.82, 2.24) is 10.2 Å². The molecule has 0 aliphatic heterocycles. The zero-order valence-corrected chi connectivity index (χ0v) is 9.05. The van der Waals surface area contributed by atoms with Crippen molar-refractivity contribution in [2.45, 2.75) is 6.36 Å². The quantitative estimate of drug-likeness (QED) is 0.902. The number of anilines is 1. The third kappa shape index (κ3) is 3.06. The molecule has 1 aromatic carbocycles. The van der Waals surface area contributed by atoms with Crippen LogP contribution in [0.25, 0.3) is 10.6 Å². The Bertz CT molecular complexity index is 526. The van der Waals surface area contributed by atoms with Gasteiger partial charge in [-0.3, -0.25) is 0 Å². The van der Waals surface area contributed by atoms with Gasteiger partial charge in [-0.15, -0.1) is 23.4 Å². The van der Waals surface area contributed by atoms with Crippen LogP contribution in [-0.4, -0.2) is 16.6 Å². The van der Waals surface area contributed by atoms with Crippen LogP contribution >= 0.6 is 11.3 Å². The van der Waals surface area contributed by atoms with Crippen LogP contribution in [0.4, 0.5) is 18.3 Å². The molecule has 0 saturated heterocycles. The van der Waals surface area contributed by atoms with Crippen molar-refractivity contribution < 1.29 is 17.9 Å². The van der Waals surface area contributed by atoms with E-state index in [1.807, 2.05) is 0 Å². The molecule has 0 fully saturated rings. The lowest BCUT2D eigenvalue weighted by molar-refractivity contribution is -0.274. The minimum Gasteiger partial charge on any atom is -0.406 e. The summed E-state index contributed by atoms with van der Waals surface area (Å²) >= 11 is 1.09. The third-order valence-electron chi connectivity index (χ3n) is 1.76. The van der Waals surface area contributed by atoms with Crippen molar-refractivity contribution in [2.24, 2.45) is 0 Å². The fraction of sp³-hybridized carbons (Fsp3) is 0.111. The predicted octanol–water partition coefficient (Wildman–Crippen LogP) is 2.69. The summed E-state index contributed by atoms with van der Waals surface area (Å²) in [5, 5.41) is 8.00. The number of halogens is 3. The van der Waals surface area contributed by atoms with E-state index in [-0.39, 0.29) is 10.9 Å². The van der Waals surface area contributed by atoms with Crippen LogP contribution in [0, 0.1) is 0 Å². The second kappa shape index (κ2) is 4.21. The Balaban J connectivity index is 2.29. The number of benzene rings is 1. The number of nitrogens with two attached hydrogens (primary N) is 1. The predicted molar refractivity (Wildman–Crippen MR) is 56.4 cm³/mol. The number of hydrogen-bond acceptors (Lipinski definition) is 5. The Morgan fingerprint density at radius 3 is 2.59 bits per heavy atom. The molecule has 8 heteroatoms. The minimum atomic E-state index is -4.71. The molecule has 4 nitrogen and oxygen atoms in total. The van der Waals surface area contributed by atoms with Crippen LogP contribution in [-0.2, 0) is 0 Å². The molecule has 90 valence electrons. The van der Waals surface area contributed by atoms with Gasteiger partial charge < -0.3 is 10.5 Å². The Morgan fingerprint density at radius 1 is 1.24 bits per heavy atom. The van der Waals surface area contributed by atoms with Crippen LogP contribution in [0.15, 0.2) is 24.3 Å². The largest absolute Gasteiger partial charge is 0.573 e. The summed E-state index contributed by atoms with van der Waals surface area (Å²) in [6.07, 6.45) is -4.71. The highest BCUT2D eigenvalue weighted by Crippen LogP contribution is 2.29. The summed E-state index contributed by atoms with van der Waals surface area (Å²) in [7, 11) is 0. The number of hydrogen-bond donors (Lipinski definition) is 1. The first-order valence-electron chi connectivity index (χ1n) is 4.39. The molecule has 0 radical (unpaired) electrons. The first kappa shape index (κ1) is 11.6. The van der Waals surface area contributed by atoms with Gasteiger partial charge in [0.2, 0.25) is 5.13 Å². The van der Waals surface area contributed by atoms with E-state index < -0.39 is 6.36 Å². The van der Waals surface area contributed by atoms with Crippen LogP contribution in [0.2, 0.25) is 0 Å². The minimum absolute atomic E-state index is 0.252. The van der Waals surface area contributed by atoms with Crippen molar-refractivity contribution in [3.8, 4) is 16.3 Å². The SMILES string of the molecule is Nc1nnc(-c2cccc(OC(F)(F)F)c2)s1. The first-order chi connectivity index (χ1) is 7.94. The van der Waals surface area contributed by atoms with Crippen LogP contribution < -0.4 is 10.5 Å². The molecular formula is C9H6F3N3OS. The normalized spacial score (nSPS) is 11.5. The van der Waals surface area contributed by atoms with E-state index in [1.54, 1.807) is 6.07 Å². The van der Waals surface area contributed by atoms with Crippen molar-refractivity contribution in [3.05, 3.63) is 24.3 Å². The number of nitrogen functional groups attached to an aromatic ring is 1. The van der Waals surface area contributed by atoms with Crippen molar-refractivity contribution >= 4 is 16.5 Å². The monoisotopic (exact) mass is 261 g/mol. The molecule has 2 rings (SSSR count). The molecule has 2 aromatic rings. The van der Waals surface area contributed by atoms with Gasteiger partial charge >= 0.3 is 6.36 Å². The molecule has 0 spiro atoms. The van der Waals surface area contributed by atoms with Gasteiger partial charge in [-0.2, -0.15) is 0 Å². The standard InChI is InChI=1S/C9H6F3N3OS/c10-9(11,12)16-6-3-1-2-5(4-6)7-14-15-8(13)17-7/h1-4H,(H2,13,15). The molecule has 0 atom stereocenters. The van der Waals surface area contributed by atoms with Crippen LogP contribution in [0.5, 0.6) is 5.75 Å². The van der Waals surface area contributed by atoms with Crippen molar-refractivity contribution in [1.29, 1.82) is 0 Å². The van der Waals surface area contributed by atoms with Gasteiger partial charge in [-0.1, -0.05) is 23.5 Å². The molecule has 0 bridgehead atoms. The Labute approximate surface area is 97.9 Å². The van der Waals surface area contributed by atoms with Gasteiger partial charge in [-0.25, -0.2) is 0 Å². The summed E-state index contributed by atoms with van der Waals surface area (Å²) in [5.74, 6) is -0.302. The molecular weight excluding hydrogens is 255 g/mol.